The molecule has 3 aromatic rings. The Morgan fingerprint density at radius 1 is 1.03 bits per heavy atom. The van der Waals surface area contributed by atoms with Crippen molar-refractivity contribution < 1.29 is 19.1 Å². The van der Waals surface area contributed by atoms with Crippen LogP contribution in [0.25, 0.3) is 0 Å². The predicted octanol–water partition coefficient (Wildman–Crippen LogP) is 4.51. The molecule has 0 atom stereocenters. The summed E-state index contributed by atoms with van der Waals surface area (Å²) in [7, 11) is 0. The number of para-hydroxylation sites is 1. The lowest BCUT2D eigenvalue weighted by atomic mass is 10.2. The standard InChI is InChI=1S/C23H19BrN2O4/c1-16-5-2-3-8-21(16)29-15-22(27)26-25-14-17-9-11-20(12-10-17)30-23(28)18-6-4-7-19(24)13-18/h2-14H,15H2,1H3,(H,26,27)/b25-14+. The fourth-order valence-corrected chi connectivity index (χ4v) is 2.88. The molecule has 0 saturated carbocycles. The van der Waals surface area contributed by atoms with Crippen LogP contribution in [0.4, 0.5) is 0 Å². The maximum absolute atomic E-state index is 12.2. The van der Waals surface area contributed by atoms with Gasteiger partial charge < -0.3 is 9.47 Å². The van der Waals surface area contributed by atoms with Crippen molar-refractivity contribution in [2.45, 2.75) is 6.92 Å². The summed E-state index contributed by atoms with van der Waals surface area (Å²) in [5, 5.41) is 3.91. The van der Waals surface area contributed by atoms with Crippen LogP contribution >= 0.6 is 15.9 Å². The number of ether oxygens (including phenoxy) is 2. The van der Waals surface area contributed by atoms with E-state index in [1.54, 1.807) is 48.5 Å². The van der Waals surface area contributed by atoms with Crippen LogP contribution in [0.5, 0.6) is 11.5 Å². The Kier molecular flexibility index (Phi) is 7.34. The molecule has 30 heavy (non-hydrogen) atoms. The van der Waals surface area contributed by atoms with Gasteiger partial charge in [0.05, 0.1) is 11.8 Å². The Labute approximate surface area is 182 Å². The third-order valence-corrected chi connectivity index (χ3v) is 4.50. The van der Waals surface area contributed by atoms with E-state index in [2.05, 4.69) is 26.5 Å². The van der Waals surface area contributed by atoms with E-state index in [0.717, 1.165) is 15.6 Å². The van der Waals surface area contributed by atoms with Crippen LogP contribution in [0.15, 0.2) is 82.4 Å². The third-order valence-electron chi connectivity index (χ3n) is 4.01. The van der Waals surface area contributed by atoms with Crippen LogP contribution < -0.4 is 14.9 Å². The number of carbonyl (C=O) groups excluding carboxylic acids is 2. The van der Waals surface area contributed by atoms with E-state index in [4.69, 9.17) is 9.47 Å². The number of benzene rings is 3. The van der Waals surface area contributed by atoms with E-state index in [1.165, 1.54) is 6.21 Å². The van der Waals surface area contributed by atoms with Gasteiger partial charge in [0.25, 0.3) is 5.91 Å². The zero-order valence-electron chi connectivity index (χ0n) is 16.2. The number of hydrogen-bond donors (Lipinski definition) is 1. The van der Waals surface area contributed by atoms with Crippen LogP contribution in [-0.4, -0.2) is 24.7 Å². The summed E-state index contributed by atoms with van der Waals surface area (Å²) < 4.78 is 11.6. The summed E-state index contributed by atoms with van der Waals surface area (Å²) in [5.41, 5.74) is 4.55. The molecule has 3 aromatic carbocycles. The summed E-state index contributed by atoms with van der Waals surface area (Å²) in [6.45, 7) is 1.78. The first-order valence-electron chi connectivity index (χ1n) is 9.09. The Bertz CT molecular complexity index is 1060. The van der Waals surface area contributed by atoms with Gasteiger partial charge >= 0.3 is 5.97 Å². The summed E-state index contributed by atoms with van der Waals surface area (Å²) in [5.74, 6) is 0.255. The number of amides is 1. The van der Waals surface area contributed by atoms with Gasteiger partial charge in [0.1, 0.15) is 11.5 Å². The van der Waals surface area contributed by atoms with E-state index in [1.807, 2.05) is 31.2 Å². The van der Waals surface area contributed by atoms with Crippen molar-refractivity contribution in [1.29, 1.82) is 0 Å². The van der Waals surface area contributed by atoms with Crippen molar-refractivity contribution >= 4 is 34.0 Å². The Morgan fingerprint density at radius 2 is 1.80 bits per heavy atom. The van der Waals surface area contributed by atoms with E-state index < -0.39 is 5.97 Å². The van der Waals surface area contributed by atoms with Crippen molar-refractivity contribution in [3.63, 3.8) is 0 Å². The summed E-state index contributed by atoms with van der Waals surface area (Å²) in [4.78, 5) is 24.0. The van der Waals surface area contributed by atoms with Crippen molar-refractivity contribution in [2.75, 3.05) is 6.61 Å². The normalized spacial score (nSPS) is 10.6. The average molecular weight is 467 g/mol. The zero-order valence-corrected chi connectivity index (χ0v) is 17.8. The second-order valence-electron chi connectivity index (χ2n) is 6.32. The molecule has 0 radical (unpaired) electrons. The third kappa shape index (κ3) is 6.28. The van der Waals surface area contributed by atoms with Crippen molar-refractivity contribution in [1.82, 2.24) is 5.43 Å². The molecular weight excluding hydrogens is 448 g/mol. The largest absolute Gasteiger partial charge is 0.483 e. The average Bonchev–Trinajstić information content (AvgIpc) is 2.74. The topological polar surface area (TPSA) is 77.0 Å². The first-order valence-corrected chi connectivity index (χ1v) is 9.89. The number of hydrogen-bond acceptors (Lipinski definition) is 5. The van der Waals surface area contributed by atoms with E-state index in [-0.39, 0.29) is 12.5 Å². The molecule has 0 heterocycles. The fourth-order valence-electron chi connectivity index (χ4n) is 2.48. The second-order valence-corrected chi connectivity index (χ2v) is 7.23. The Hall–Kier alpha value is -3.45. The number of aryl methyl sites for hydroxylation is 1. The van der Waals surface area contributed by atoms with Crippen LogP contribution in [0.3, 0.4) is 0 Å². The SMILES string of the molecule is Cc1ccccc1OCC(=O)N/N=C/c1ccc(OC(=O)c2cccc(Br)c2)cc1. The van der Waals surface area contributed by atoms with Crippen LogP contribution in [0.1, 0.15) is 21.5 Å². The highest BCUT2D eigenvalue weighted by atomic mass is 79.9. The monoisotopic (exact) mass is 466 g/mol. The molecule has 7 heteroatoms. The molecule has 0 aliphatic heterocycles. The van der Waals surface area contributed by atoms with Gasteiger partial charge in [-0.1, -0.05) is 40.2 Å². The number of esters is 1. The van der Waals surface area contributed by atoms with Crippen molar-refractivity contribution in [3.05, 3.63) is 94.0 Å². The lowest BCUT2D eigenvalue weighted by Crippen LogP contribution is -2.24. The summed E-state index contributed by atoms with van der Waals surface area (Å²) in [6, 6.07) is 21.2. The predicted molar refractivity (Wildman–Crippen MR) is 118 cm³/mol. The summed E-state index contributed by atoms with van der Waals surface area (Å²) >= 11 is 3.32. The maximum atomic E-state index is 12.2. The van der Waals surface area contributed by atoms with E-state index >= 15 is 0 Å². The molecule has 0 aliphatic rings. The lowest BCUT2D eigenvalue weighted by molar-refractivity contribution is -0.123. The minimum absolute atomic E-state index is 0.132. The van der Waals surface area contributed by atoms with Gasteiger partial charge in [0.2, 0.25) is 0 Å². The number of nitrogens with one attached hydrogen (secondary N) is 1. The molecule has 0 saturated heterocycles. The van der Waals surface area contributed by atoms with E-state index in [0.29, 0.717) is 17.1 Å². The molecule has 152 valence electrons. The Balaban J connectivity index is 1.48. The molecule has 0 bridgehead atoms. The zero-order chi connectivity index (χ0) is 21.3. The van der Waals surface area contributed by atoms with Gasteiger partial charge in [0.15, 0.2) is 6.61 Å². The number of halogens is 1. The highest BCUT2D eigenvalue weighted by Gasteiger charge is 2.08. The second kappa shape index (κ2) is 10.4. The minimum Gasteiger partial charge on any atom is -0.483 e. The summed E-state index contributed by atoms with van der Waals surface area (Å²) in [6.07, 6.45) is 1.49. The molecular formula is C23H19BrN2O4. The molecule has 1 N–H and O–H groups in total. The molecule has 3 rings (SSSR count). The van der Waals surface area contributed by atoms with Crippen LogP contribution in [0.2, 0.25) is 0 Å². The fraction of sp³-hybridized carbons (Fsp3) is 0.0870. The molecule has 6 nitrogen and oxygen atoms in total. The number of carbonyl (C=O) groups is 2. The first kappa shape index (κ1) is 21.3. The van der Waals surface area contributed by atoms with E-state index in [9.17, 15) is 9.59 Å². The quantitative estimate of drug-likeness (QED) is 0.240. The highest BCUT2D eigenvalue weighted by molar-refractivity contribution is 9.10. The molecule has 0 spiro atoms. The molecule has 0 aromatic heterocycles. The van der Waals surface area contributed by atoms with Crippen LogP contribution in [0, 0.1) is 6.92 Å². The minimum atomic E-state index is -0.446. The van der Waals surface area contributed by atoms with Crippen molar-refractivity contribution in [2.24, 2.45) is 5.10 Å². The smallest absolute Gasteiger partial charge is 0.343 e. The highest BCUT2D eigenvalue weighted by Crippen LogP contribution is 2.17. The van der Waals surface area contributed by atoms with Gasteiger partial charge in [0, 0.05) is 4.47 Å². The number of nitrogens with zero attached hydrogens (tertiary/aromatic N) is 1. The van der Waals surface area contributed by atoms with Gasteiger partial charge in [-0.2, -0.15) is 5.10 Å². The van der Waals surface area contributed by atoms with Crippen molar-refractivity contribution in [3.8, 4) is 11.5 Å². The Morgan fingerprint density at radius 3 is 2.53 bits per heavy atom. The lowest BCUT2D eigenvalue weighted by Gasteiger charge is -2.07. The maximum Gasteiger partial charge on any atom is 0.343 e. The van der Waals surface area contributed by atoms with Gasteiger partial charge in [-0.15, -0.1) is 0 Å². The van der Waals surface area contributed by atoms with Crippen LogP contribution in [-0.2, 0) is 4.79 Å². The molecule has 0 fully saturated rings. The number of rotatable bonds is 7. The molecule has 0 aliphatic carbocycles. The number of hydrazone groups is 1. The molecule has 1 amide bonds. The van der Waals surface area contributed by atoms with Gasteiger partial charge in [-0.3, -0.25) is 4.79 Å². The first-order chi connectivity index (χ1) is 14.5. The van der Waals surface area contributed by atoms with Gasteiger partial charge in [-0.25, -0.2) is 10.2 Å². The van der Waals surface area contributed by atoms with Gasteiger partial charge in [-0.05, 0) is 66.6 Å². The molecule has 0 unspecified atom stereocenters.